The first-order chi connectivity index (χ1) is 13.4. The third kappa shape index (κ3) is 3.83. The van der Waals surface area contributed by atoms with Crippen LogP contribution in [0.4, 0.5) is 11.4 Å². The van der Waals surface area contributed by atoms with Crippen molar-refractivity contribution in [2.75, 3.05) is 4.90 Å². The van der Waals surface area contributed by atoms with Gasteiger partial charge in [0.05, 0.1) is 11.4 Å². The van der Waals surface area contributed by atoms with Gasteiger partial charge >= 0.3 is 0 Å². The van der Waals surface area contributed by atoms with Crippen LogP contribution < -0.4 is 10.2 Å². The van der Waals surface area contributed by atoms with E-state index in [0.717, 1.165) is 21.2 Å². The van der Waals surface area contributed by atoms with Gasteiger partial charge in [-0.3, -0.25) is 4.79 Å². The molecule has 142 valence electrons. The molecule has 0 fully saturated rings. The summed E-state index contributed by atoms with van der Waals surface area (Å²) in [4.78, 5) is 16.8. The van der Waals surface area contributed by atoms with Crippen molar-refractivity contribution < 1.29 is 4.79 Å². The van der Waals surface area contributed by atoms with Crippen molar-refractivity contribution >= 4 is 63.8 Å². The highest BCUT2D eigenvalue weighted by atomic mass is 35.6. The summed E-state index contributed by atoms with van der Waals surface area (Å²) >= 11 is 20.7. The molecule has 7 heteroatoms. The third-order valence-electron chi connectivity index (χ3n) is 4.34. The molecule has 28 heavy (non-hydrogen) atoms. The van der Waals surface area contributed by atoms with Crippen molar-refractivity contribution in [2.45, 2.75) is 19.7 Å². The highest BCUT2D eigenvalue weighted by Gasteiger charge is 2.42. The number of para-hydroxylation sites is 2. The zero-order chi connectivity index (χ0) is 19.7. The van der Waals surface area contributed by atoms with Crippen LogP contribution in [0.2, 0.25) is 0 Å². The summed E-state index contributed by atoms with van der Waals surface area (Å²) in [7, 11) is 0. The Balaban J connectivity index is 1.80. The van der Waals surface area contributed by atoms with Gasteiger partial charge in [-0.05, 0) is 36.4 Å². The molecule has 1 unspecified atom stereocenters. The van der Waals surface area contributed by atoms with Gasteiger partial charge in [0.2, 0.25) is 3.79 Å². The molecule has 3 aromatic carbocycles. The van der Waals surface area contributed by atoms with Gasteiger partial charge in [0.1, 0.15) is 0 Å². The van der Waals surface area contributed by atoms with Crippen molar-refractivity contribution in [2.24, 2.45) is 0 Å². The molecule has 1 N–H and O–H groups in total. The number of rotatable bonds is 3. The zero-order valence-electron chi connectivity index (χ0n) is 14.5. The summed E-state index contributed by atoms with van der Waals surface area (Å²) in [6, 6.07) is 24.6. The van der Waals surface area contributed by atoms with Crippen LogP contribution in [0.15, 0.2) is 88.7 Å². The maximum absolute atomic E-state index is 12.8. The molecule has 0 bridgehead atoms. The largest absolute Gasteiger partial charge is 0.328 e. The second-order valence-corrected chi connectivity index (χ2v) is 9.64. The highest BCUT2D eigenvalue weighted by Crippen LogP contribution is 2.51. The first kappa shape index (κ1) is 19.5. The number of anilines is 2. The molecule has 3 aromatic rings. The molecule has 3 nitrogen and oxygen atoms in total. The molecule has 1 heterocycles. The van der Waals surface area contributed by atoms with E-state index >= 15 is 0 Å². The van der Waals surface area contributed by atoms with Gasteiger partial charge in [0.15, 0.2) is 6.17 Å². The second kappa shape index (κ2) is 7.88. The summed E-state index contributed by atoms with van der Waals surface area (Å²) in [5.74, 6) is -0.315. The number of benzene rings is 3. The molecule has 0 saturated carbocycles. The molecule has 1 aliphatic heterocycles. The van der Waals surface area contributed by atoms with Crippen LogP contribution in [0.5, 0.6) is 0 Å². The van der Waals surface area contributed by atoms with E-state index in [9.17, 15) is 4.79 Å². The molecule has 1 amide bonds. The fourth-order valence-corrected chi connectivity index (χ4v) is 4.63. The topological polar surface area (TPSA) is 32.3 Å². The summed E-state index contributed by atoms with van der Waals surface area (Å²) in [5, 5.41) is 2.91. The average molecular weight is 450 g/mol. The molecule has 0 saturated heterocycles. The lowest BCUT2D eigenvalue weighted by Crippen LogP contribution is -2.54. The Kier molecular flexibility index (Phi) is 5.48. The number of hydrogen-bond donors (Lipinski definition) is 1. The van der Waals surface area contributed by atoms with Gasteiger partial charge < -0.3 is 10.2 Å². The van der Waals surface area contributed by atoms with E-state index < -0.39 is 9.96 Å². The standard InChI is InChI=1S/C21H15Cl3N2OS/c22-21(23,24)20(25-19(27)14-8-2-1-3-9-14)26-15-10-4-6-12-17(15)28-18-13-7-5-11-16(18)26/h1-13,20H,(H,25,27). The number of hydrogen-bond acceptors (Lipinski definition) is 3. The Labute approximate surface area is 182 Å². The minimum absolute atomic E-state index is 0.315. The normalized spacial score (nSPS) is 14.0. The molecule has 1 atom stereocenters. The van der Waals surface area contributed by atoms with Crippen molar-refractivity contribution in [3.05, 3.63) is 84.4 Å². The SMILES string of the molecule is O=C(NC(N1c2ccccc2Sc2ccccc21)C(Cl)(Cl)Cl)c1ccccc1. The number of nitrogens with zero attached hydrogens (tertiary/aromatic N) is 1. The van der Waals surface area contributed by atoms with Crippen LogP contribution in [-0.4, -0.2) is 15.9 Å². The number of carbonyl (C=O) groups excluding carboxylic acids is 1. The fourth-order valence-electron chi connectivity index (χ4n) is 3.10. The van der Waals surface area contributed by atoms with Gasteiger partial charge in [0.25, 0.3) is 5.91 Å². The number of halogens is 3. The van der Waals surface area contributed by atoms with E-state index in [4.69, 9.17) is 34.8 Å². The predicted molar refractivity (Wildman–Crippen MR) is 117 cm³/mol. The van der Waals surface area contributed by atoms with Gasteiger partial charge in [-0.25, -0.2) is 0 Å². The number of alkyl halides is 3. The summed E-state index contributed by atoms with van der Waals surface area (Å²) in [6.07, 6.45) is -0.909. The summed E-state index contributed by atoms with van der Waals surface area (Å²) in [6.45, 7) is 0. The molecular weight excluding hydrogens is 435 g/mol. The van der Waals surface area contributed by atoms with E-state index in [0.29, 0.717) is 5.56 Å². The van der Waals surface area contributed by atoms with Gasteiger partial charge in [-0.15, -0.1) is 0 Å². The number of fused-ring (bicyclic) bond motifs is 2. The first-order valence-corrected chi connectivity index (χ1v) is 10.5. The monoisotopic (exact) mass is 448 g/mol. The Morgan fingerprint density at radius 1 is 0.821 bits per heavy atom. The molecule has 0 radical (unpaired) electrons. The molecular formula is C21H15Cl3N2OS. The molecule has 4 rings (SSSR count). The number of nitrogens with one attached hydrogen (secondary N) is 1. The van der Waals surface area contributed by atoms with E-state index in [-0.39, 0.29) is 5.91 Å². The van der Waals surface area contributed by atoms with Crippen LogP contribution >= 0.6 is 46.6 Å². The van der Waals surface area contributed by atoms with Crippen molar-refractivity contribution in [1.82, 2.24) is 5.32 Å². The smallest absolute Gasteiger partial charge is 0.253 e. The van der Waals surface area contributed by atoms with Crippen LogP contribution in [0.1, 0.15) is 10.4 Å². The number of amides is 1. The average Bonchev–Trinajstić information content (AvgIpc) is 2.70. The zero-order valence-corrected chi connectivity index (χ0v) is 17.6. The van der Waals surface area contributed by atoms with Gasteiger partial charge in [0, 0.05) is 15.4 Å². The summed E-state index contributed by atoms with van der Waals surface area (Å²) in [5.41, 5.74) is 2.24. The van der Waals surface area contributed by atoms with E-state index in [1.807, 2.05) is 59.5 Å². The van der Waals surface area contributed by atoms with E-state index in [2.05, 4.69) is 5.32 Å². The maximum atomic E-state index is 12.8. The van der Waals surface area contributed by atoms with Gasteiger partial charge in [-0.1, -0.05) is 89.0 Å². The summed E-state index contributed by atoms with van der Waals surface area (Å²) < 4.78 is -1.77. The van der Waals surface area contributed by atoms with Crippen LogP contribution in [0, 0.1) is 0 Å². The Morgan fingerprint density at radius 2 is 1.32 bits per heavy atom. The van der Waals surface area contributed by atoms with Gasteiger partial charge in [-0.2, -0.15) is 0 Å². The Bertz CT molecular complexity index is 962. The minimum atomic E-state index is -1.77. The van der Waals surface area contributed by atoms with Crippen molar-refractivity contribution in [3.8, 4) is 0 Å². The molecule has 1 aliphatic rings. The van der Waals surface area contributed by atoms with Crippen LogP contribution in [-0.2, 0) is 0 Å². The fraction of sp³-hybridized carbons (Fsp3) is 0.0952. The van der Waals surface area contributed by atoms with Crippen molar-refractivity contribution in [1.29, 1.82) is 0 Å². The lowest BCUT2D eigenvalue weighted by molar-refractivity contribution is 0.0938. The van der Waals surface area contributed by atoms with Crippen LogP contribution in [0.25, 0.3) is 0 Å². The third-order valence-corrected chi connectivity index (χ3v) is 6.09. The van der Waals surface area contributed by atoms with E-state index in [1.165, 1.54) is 0 Å². The first-order valence-electron chi connectivity index (χ1n) is 8.53. The van der Waals surface area contributed by atoms with Crippen molar-refractivity contribution in [3.63, 3.8) is 0 Å². The lowest BCUT2D eigenvalue weighted by atomic mass is 10.2. The molecule has 0 spiro atoms. The molecule has 0 aliphatic carbocycles. The quantitative estimate of drug-likeness (QED) is 0.469. The van der Waals surface area contributed by atoms with E-state index in [1.54, 1.807) is 36.0 Å². The predicted octanol–water partition coefficient (Wildman–Crippen LogP) is 6.42. The Morgan fingerprint density at radius 3 is 1.86 bits per heavy atom. The molecule has 0 aromatic heterocycles. The lowest BCUT2D eigenvalue weighted by Gasteiger charge is -2.41. The number of carbonyl (C=O) groups is 1. The Hall–Kier alpha value is -1.85. The maximum Gasteiger partial charge on any atom is 0.253 e. The van der Waals surface area contributed by atoms with Crippen LogP contribution in [0.3, 0.4) is 0 Å². The second-order valence-electron chi connectivity index (χ2n) is 6.19. The highest BCUT2D eigenvalue weighted by molar-refractivity contribution is 7.99. The minimum Gasteiger partial charge on any atom is -0.328 e.